The molecule has 0 aliphatic heterocycles. The Labute approximate surface area is 125 Å². The maximum Gasteiger partial charge on any atom is 0.573 e. The summed E-state index contributed by atoms with van der Waals surface area (Å²) >= 11 is 0. The predicted octanol–water partition coefficient (Wildman–Crippen LogP) is 2.07. The zero-order chi connectivity index (χ0) is 17.0. The number of carboxylic acid groups (broad SMARTS) is 1. The molecule has 0 unspecified atom stereocenters. The van der Waals surface area contributed by atoms with Crippen LogP contribution in [0.25, 0.3) is 0 Å². The van der Waals surface area contributed by atoms with Crippen molar-refractivity contribution in [3.63, 3.8) is 0 Å². The number of rotatable bonds is 7. The lowest BCUT2D eigenvalue weighted by Crippen LogP contribution is -2.36. The van der Waals surface area contributed by atoms with Crippen LogP contribution in [-0.4, -0.2) is 43.3 Å². The van der Waals surface area contributed by atoms with Crippen molar-refractivity contribution in [1.29, 1.82) is 0 Å². The van der Waals surface area contributed by atoms with Gasteiger partial charge in [0.15, 0.2) is 0 Å². The monoisotopic (exact) mass is 341 g/mol. The molecule has 0 aliphatic rings. The average molecular weight is 341 g/mol. The van der Waals surface area contributed by atoms with Gasteiger partial charge in [-0.15, -0.1) is 13.2 Å². The van der Waals surface area contributed by atoms with Gasteiger partial charge in [0.2, 0.25) is 10.0 Å². The van der Waals surface area contributed by atoms with E-state index in [4.69, 9.17) is 5.11 Å². The molecule has 10 heteroatoms. The minimum absolute atomic E-state index is 0.0704. The Bertz CT molecular complexity index is 630. The topological polar surface area (TPSA) is 83.9 Å². The molecule has 0 radical (unpaired) electrons. The van der Waals surface area contributed by atoms with E-state index in [1.54, 1.807) is 6.92 Å². The van der Waals surface area contributed by atoms with Gasteiger partial charge < -0.3 is 9.84 Å². The van der Waals surface area contributed by atoms with Gasteiger partial charge in [0.05, 0.1) is 4.90 Å². The van der Waals surface area contributed by atoms with Gasteiger partial charge in [-0.2, -0.15) is 4.31 Å². The third kappa shape index (κ3) is 5.19. The molecule has 0 heterocycles. The van der Waals surface area contributed by atoms with Crippen LogP contribution < -0.4 is 4.74 Å². The average Bonchev–Trinajstić information content (AvgIpc) is 2.36. The first-order chi connectivity index (χ1) is 10.1. The fraction of sp³-hybridized carbons (Fsp3) is 0.417. The summed E-state index contributed by atoms with van der Waals surface area (Å²) in [4.78, 5) is 10.3. The van der Waals surface area contributed by atoms with Gasteiger partial charge in [0, 0.05) is 12.6 Å². The van der Waals surface area contributed by atoms with Crippen molar-refractivity contribution >= 4 is 16.0 Å². The summed E-state index contributed by atoms with van der Waals surface area (Å²) in [5, 5.41) is 8.75. The summed E-state index contributed by atoms with van der Waals surface area (Å²) in [5.41, 5.74) is 0. The van der Waals surface area contributed by atoms with Crippen molar-refractivity contribution in [3.05, 3.63) is 24.3 Å². The highest BCUT2D eigenvalue weighted by Crippen LogP contribution is 2.26. The van der Waals surface area contributed by atoms with Crippen LogP contribution in [-0.2, 0) is 14.8 Å². The van der Waals surface area contributed by atoms with Crippen molar-refractivity contribution in [2.45, 2.75) is 24.6 Å². The Kier molecular flexibility index (Phi) is 5.78. The molecule has 0 spiro atoms. The molecule has 1 rings (SSSR count). The zero-order valence-electron chi connectivity index (χ0n) is 11.5. The number of carbonyl (C=O) groups is 1. The quantitative estimate of drug-likeness (QED) is 0.821. The molecule has 0 fully saturated rings. The molecule has 1 N–H and O–H groups in total. The first-order valence-electron chi connectivity index (χ1n) is 6.14. The normalized spacial score (nSPS) is 12.4. The van der Waals surface area contributed by atoms with Gasteiger partial charge in [-0.25, -0.2) is 8.42 Å². The highest BCUT2D eigenvalue weighted by atomic mass is 32.2. The molecule has 1 aromatic carbocycles. The zero-order valence-corrected chi connectivity index (χ0v) is 12.3. The van der Waals surface area contributed by atoms with E-state index in [1.807, 2.05) is 0 Å². The van der Waals surface area contributed by atoms with Crippen molar-refractivity contribution < 1.29 is 36.2 Å². The van der Waals surface area contributed by atoms with Crippen molar-refractivity contribution in [2.75, 3.05) is 13.1 Å². The molecule has 0 atom stereocenters. The first-order valence-corrected chi connectivity index (χ1v) is 7.58. The van der Waals surface area contributed by atoms with Crippen LogP contribution in [0.4, 0.5) is 13.2 Å². The molecule has 6 nitrogen and oxygen atoms in total. The van der Waals surface area contributed by atoms with Crippen LogP contribution >= 0.6 is 0 Å². The Morgan fingerprint density at radius 2 is 2.00 bits per heavy atom. The highest BCUT2D eigenvalue weighted by Gasteiger charge is 2.32. The third-order valence-electron chi connectivity index (χ3n) is 2.46. The van der Waals surface area contributed by atoms with Crippen molar-refractivity contribution in [2.24, 2.45) is 0 Å². The number of carboxylic acids is 1. The third-order valence-corrected chi connectivity index (χ3v) is 4.30. The Hall–Kier alpha value is -1.81. The molecule has 0 aliphatic carbocycles. The molecule has 0 saturated heterocycles. The maximum atomic E-state index is 12.3. The Morgan fingerprint density at radius 1 is 1.36 bits per heavy atom. The number of halogens is 3. The Balaban J connectivity index is 3.15. The van der Waals surface area contributed by atoms with Crippen molar-refractivity contribution in [1.82, 2.24) is 4.31 Å². The van der Waals surface area contributed by atoms with Crippen molar-refractivity contribution in [3.8, 4) is 5.75 Å². The summed E-state index contributed by atoms with van der Waals surface area (Å²) in [5.74, 6) is -2.06. The summed E-state index contributed by atoms with van der Waals surface area (Å²) in [6.07, 6.45) is -4.60. The number of alkyl halides is 3. The summed E-state index contributed by atoms with van der Waals surface area (Å²) < 4.78 is 65.4. The molecule has 0 saturated carbocycles. The summed E-state index contributed by atoms with van der Waals surface area (Å²) in [6.45, 7) is 0.799. The summed E-state index contributed by atoms with van der Waals surface area (Å²) in [7, 11) is -4.23. The Morgan fingerprint density at radius 3 is 2.50 bits per heavy atom. The SMILES string of the molecule is CCCN(CC(=O)O)S(=O)(=O)c1cccc(OC(F)(F)F)c1. The van der Waals surface area contributed by atoms with E-state index < -0.39 is 39.5 Å². The van der Waals surface area contributed by atoms with Crippen LogP contribution in [0.5, 0.6) is 5.75 Å². The van der Waals surface area contributed by atoms with E-state index >= 15 is 0 Å². The molecule has 0 bridgehead atoms. The van der Waals surface area contributed by atoms with E-state index in [0.717, 1.165) is 18.2 Å². The number of hydrogen-bond donors (Lipinski definition) is 1. The molecular weight excluding hydrogens is 327 g/mol. The minimum atomic E-state index is -4.95. The molecule has 124 valence electrons. The van der Waals surface area contributed by atoms with E-state index in [0.29, 0.717) is 16.8 Å². The van der Waals surface area contributed by atoms with E-state index in [2.05, 4.69) is 4.74 Å². The second kappa shape index (κ2) is 6.97. The van der Waals surface area contributed by atoms with Crippen LogP contribution in [0.1, 0.15) is 13.3 Å². The smallest absolute Gasteiger partial charge is 0.480 e. The molecule has 1 aromatic rings. The van der Waals surface area contributed by atoms with Gasteiger partial charge >= 0.3 is 12.3 Å². The number of benzene rings is 1. The van der Waals surface area contributed by atoms with Gasteiger partial charge in [0.1, 0.15) is 12.3 Å². The lowest BCUT2D eigenvalue weighted by atomic mass is 10.3. The fourth-order valence-corrected chi connectivity index (χ4v) is 3.18. The number of ether oxygens (including phenoxy) is 1. The van der Waals surface area contributed by atoms with Crippen LogP contribution in [0, 0.1) is 0 Å². The fourth-order valence-electron chi connectivity index (χ4n) is 1.67. The van der Waals surface area contributed by atoms with Crippen LogP contribution in [0.3, 0.4) is 0 Å². The molecular formula is C12H14F3NO5S. The van der Waals surface area contributed by atoms with E-state index in [1.165, 1.54) is 0 Å². The molecule has 0 amide bonds. The van der Waals surface area contributed by atoms with Crippen LogP contribution in [0.2, 0.25) is 0 Å². The van der Waals surface area contributed by atoms with Gasteiger partial charge in [-0.3, -0.25) is 4.79 Å². The minimum Gasteiger partial charge on any atom is -0.480 e. The number of hydrogen-bond acceptors (Lipinski definition) is 4. The maximum absolute atomic E-state index is 12.3. The second-order valence-electron chi connectivity index (χ2n) is 4.25. The number of nitrogens with zero attached hydrogens (tertiary/aromatic N) is 1. The number of aliphatic carboxylic acids is 1. The van der Waals surface area contributed by atoms with E-state index in [-0.39, 0.29) is 6.54 Å². The highest BCUT2D eigenvalue weighted by molar-refractivity contribution is 7.89. The van der Waals surface area contributed by atoms with Gasteiger partial charge in [0.25, 0.3) is 0 Å². The standard InChI is InChI=1S/C12H14F3NO5S/c1-2-6-16(8-11(17)18)22(19,20)10-5-3-4-9(7-10)21-12(13,14)15/h3-5,7H,2,6,8H2,1H3,(H,17,18). The first kappa shape index (κ1) is 18.2. The lowest BCUT2D eigenvalue weighted by Gasteiger charge is -2.20. The second-order valence-corrected chi connectivity index (χ2v) is 6.19. The lowest BCUT2D eigenvalue weighted by molar-refractivity contribution is -0.274. The molecule has 22 heavy (non-hydrogen) atoms. The largest absolute Gasteiger partial charge is 0.573 e. The predicted molar refractivity (Wildman–Crippen MR) is 69.8 cm³/mol. The molecule has 0 aromatic heterocycles. The van der Waals surface area contributed by atoms with Gasteiger partial charge in [-0.1, -0.05) is 13.0 Å². The number of sulfonamides is 1. The van der Waals surface area contributed by atoms with E-state index in [9.17, 15) is 26.4 Å². The van der Waals surface area contributed by atoms with Gasteiger partial charge in [-0.05, 0) is 18.6 Å². The summed E-state index contributed by atoms with van der Waals surface area (Å²) in [6, 6.07) is 3.81. The van der Waals surface area contributed by atoms with Crippen LogP contribution in [0.15, 0.2) is 29.2 Å².